The van der Waals surface area contributed by atoms with E-state index in [-0.39, 0.29) is 0 Å². The Labute approximate surface area is 156 Å². The third-order valence-corrected chi connectivity index (χ3v) is 5.28. The summed E-state index contributed by atoms with van der Waals surface area (Å²) in [6, 6.07) is 12.4. The van der Waals surface area contributed by atoms with Gasteiger partial charge in [-0.15, -0.1) is 0 Å². The highest BCUT2D eigenvalue weighted by Crippen LogP contribution is 2.19. The molecule has 136 valence electrons. The van der Waals surface area contributed by atoms with Gasteiger partial charge in [0.2, 0.25) is 0 Å². The van der Waals surface area contributed by atoms with Crippen LogP contribution in [0.25, 0.3) is 0 Å². The van der Waals surface area contributed by atoms with E-state index in [9.17, 15) is 0 Å². The van der Waals surface area contributed by atoms with E-state index in [0.29, 0.717) is 0 Å². The molecule has 0 aliphatic carbocycles. The minimum Gasteiger partial charge on any atom is -0.465 e. The molecule has 0 unspecified atom stereocenters. The van der Waals surface area contributed by atoms with Crippen molar-refractivity contribution in [3.8, 4) is 0 Å². The Morgan fingerprint density at radius 1 is 1.20 bits per heavy atom. The zero-order valence-corrected chi connectivity index (χ0v) is 16.1. The number of furan rings is 1. The number of aryl methyl sites for hydroxylation is 1. The number of benzene rings is 1. The van der Waals surface area contributed by atoms with Gasteiger partial charge >= 0.3 is 0 Å². The van der Waals surface area contributed by atoms with Gasteiger partial charge in [0.15, 0.2) is 0 Å². The molecule has 1 aromatic heterocycles. The predicted molar refractivity (Wildman–Crippen MR) is 104 cm³/mol. The van der Waals surface area contributed by atoms with Crippen LogP contribution >= 0.6 is 11.6 Å². The van der Waals surface area contributed by atoms with Gasteiger partial charge in [0.1, 0.15) is 11.5 Å². The summed E-state index contributed by atoms with van der Waals surface area (Å²) in [5.41, 5.74) is 1.37. The van der Waals surface area contributed by atoms with Gasteiger partial charge in [-0.3, -0.25) is 4.90 Å². The van der Waals surface area contributed by atoms with Crippen molar-refractivity contribution in [1.29, 1.82) is 0 Å². The molecule has 0 saturated carbocycles. The predicted octanol–water partition coefficient (Wildman–Crippen LogP) is 4.63. The molecule has 0 radical (unpaired) electrons. The molecule has 1 aromatic carbocycles. The number of nitrogens with zero attached hydrogens (tertiary/aromatic N) is 2. The third kappa shape index (κ3) is 5.88. The maximum atomic E-state index is 5.97. The van der Waals surface area contributed by atoms with E-state index in [0.717, 1.165) is 48.5 Å². The number of halogens is 1. The second-order valence-electron chi connectivity index (χ2n) is 7.39. The molecule has 2 aromatic rings. The standard InChI is InChI=1S/C21H29ClN2O/c1-17-5-10-21(25-17)16-23(2)14-19-4-3-12-24(15-19)13-11-18-6-8-20(22)9-7-18/h5-10,19H,3-4,11-16H2,1-2H3/t19-/m1/s1. The van der Waals surface area contributed by atoms with Crippen molar-refractivity contribution in [2.45, 2.75) is 32.7 Å². The Balaban J connectivity index is 1.43. The molecule has 0 N–H and O–H groups in total. The molecule has 0 bridgehead atoms. The van der Waals surface area contributed by atoms with E-state index in [2.05, 4.69) is 35.0 Å². The van der Waals surface area contributed by atoms with Gasteiger partial charge in [0.05, 0.1) is 6.54 Å². The van der Waals surface area contributed by atoms with E-state index in [1.165, 1.54) is 31.5 Å². The zero-order chi connectivity index (χ0) is 17.6. The topological polar surface area (TPSA) is 19.6 Å². The molecule has 4 heteroatoms. The maximum Gasteiger partial charge on any atom is 0.118 e. The van der Waals surface area contributed by atoms with Crippen LogP contribution in [-0.2, 0) is 13.0 Å². The van der Waals surface area contributed by atoms with Crippen LogP contribution in [0.1, 0.15) is 29.9 Å². The fourth-order valence-electron chi connectivity index (χ4n) is 3.78. The fraction of sp³-hybridized carbons (Fsp3) is 0.524. The first-order valence-electron chi connectivity index (χ1n) is 9.29. The molecule has 3 rings (SSSR count). The second-order valence-corrected chi connectivity index (χ2v) is 7.83. The first kappa shape index (κ1) is 18.5. The normalized spacial score (nSPS) is 18.8. The molecule has 1 fully saturated rings. The van der Waals surface area contributed by atoms with E-state index in [4.69, 9.17) is 16.0 Å². The molecular weight excluding hydrogens is 332 g/mol. The quantitative estimate of drug-likeness (QED) is 0.717. The molecule has 1 aliphatic heterocycles. The van der Waals surface area contributed by atoms with Crippen LogP contribution in [-0.4, -0.2) is 43.0 Å². The average molecular weight is 361 g/mol. The van der Waals surface area contributed by atoms with Crippen molar-refractivity contribution in [2.24, 2.45) is 5.92 Å². The van der Waals surface area contributed by atoms with Crippen LogP contribution in [0.2, 0.25) is 5.02 Å². The number of hydrogen-bond acceptors (Lipinski definition) is 3. The summed E-state index contributed by atoms with van der Waals surface area (Å²) in [5, 5.41) is 0.816. The largest absolute Gasteiger partial charge is 0.465 e. The Morgan fingerprint density at radius 3 is 2.72 bits per heavy atom. The van der Waals surface area contributed by atoms with Crippen molar-refractivity contribution in [2.75, 3.05) is 33.2 Å². The molecule has 0 spiro atoms. The summed E-state index contributed by atoms with van der Waals surface area (Å²) >= 11 is 5.97. The molecule has 0 amide bonds. The van der Waals surface area contributed by atoms with E-state index in [1.807, 2.05) is 25.1 Å². The first-order valence-corrected chi connectivity index (χ1v) is 9.67. The monoisotopic (exact) mass is 360 g/mol. The highest BCUT2D eigenvalue weighted by molar-refractivity contribution is 6.30. The lowest BCUT2D eigenvalue weighted by atomic mass is 9.97. The number of likely N-dealkylation sites (tertiary alicyclic amines) is 1. The van der Waals surface area contributed by atoms with Gasteiger partial charge < -0.3 is 9.32 Å². The molecule has 1 atom stereocenters. The Morgan fingerprint density at radius 2 is 2.00 bits per heavy atom. The van der Waals surface area contributed by atoms with Crippen molar-refractivity contribution in [3.63, 3.8) is 0 Å². The Bertz CT molecular complexity index is 652. The smallest absolute Gasteiger partial charge is 0.118 e. The lowest BCUT2D eigenvalue weighted by Crippen LogP contribution is -2.40. The SMILES string of the molecule is Cc1ccc(CN(C)C[C@H]2CCCN(CCc3ccc(Cl)cc3)C2)o1. The Kier molecular flexibility index (Phi) is 6.57. The van der Waals surface area contributed by atoms with Crippen LogP contribution in [0.5, 0.6) is 0 Å². The number of piperidine rings is 1. The minimum absolute atomic E-state index is 0.750. The molecular formula is C21H29ClN2O. The van der Waals surface area contributed by atoms with Gasteiger partial charge in [-0.1, -0.05) is 23.7 Å². The fourth-order valence-corrected chi connectivity index (χ4v) is 3.91. The summed E-state index contributed by atoms with van der Waals surface area (Å²) in [5.74, 6) is 2.81. The average Bonchev–Trinajstić information content (AvgIpc) is 2.99. The summed E-state index contributed by atoms with van der Waals surface area (Å²) < 4.78 is 5.70. The lowest BCUT2D eigenvalue weighted by molar-refractivity contribution is 0.139. The van der Waals surface area contributed by atoms with Gasteiger partial charge in [-0.2, -0.15) is 0 Å². The summed E-state index contributed by atoms with van der Waals surface area (Å²) in [6.45, 7) is 7.61. The molecule has 3 nitrogen and oxygen atoms in total. The van der Waals surface area contributed by atoms with E-state index >= 15 is 0 Å². The highest BCUT2D eigenvalue weighted by Gasteiger charge is 2.21. The minimum atomic E-state index is 0.750. The van der Waals surface area contributed by atoms with Crippen LogP contribution < -0.4 is 0 Å². The molecule has 1 aliphatic rings. The maximum absolute atomic E-state index is 5.97. The summed E-state index contributed by atoms with van der Waals surface area (Å²) in [7, 11) is 2.20. The second kappa shape index (κ2) is 8.88. The summed E-state index contributed by atoms with van der Waals surface area (Å²) in [6.07, 6.45) is 3.74. The lowest BCUT2D eigenvalue weighted by Gasteiger charge is -2.34. The Hall–Kier alpha value is -1.29. The summed E-state index contributed by atoms with van der Waals surface area (Å²) in [4.78, 5) is 5.01. The van der Waals surface area contributed by atoms with Crippen LogP contribution in [0.4, 0.5) is 0 Å². The van der Waals surface area contributed by atoms with Crippen LogP contribution in [0, 0.1) is 12.8 Å². The molecule has 25 heavy (non-hydrogen) atoms. The molecule has 2 heterocycles. The van der Waals surface area contributed by atoms with Gasteiger partial charge in [0, 0.05) is 24.7 Å². The van der Waals surface area contributed by atoms with Gasteiger partial charge in [-0.05, 0) is 75.5 Å². The van der Waals surface area contributed by atoms with Crippen molar-refractivity contribution in [1.82, 2.24) is 9.80 Å². The molecule has 1 saturated heterocycles. The number of hydrogen-bond donors (Lipinski definition) is 0. The third-order valence-electron chi connectivity index (χ3n) is 5.02. The van der Waals surface area contributed by atoms with Gasteiger partial charge in [0.25, 0.3) is 0 Å². The highest BCUT2D eigenvalue weighted by atomic mass is 35.5. The van der Waals surface area contributed by atoms with Crippen molar-refractivity contribution >= 4 is 11.6 Å². The van der Waals surface area contributed by atoms with Crippen LogP contribution in [0.15, 0.2) is 40.8 Å². The van der Waals surface area contributed by atoms with Crippen molar-refractivity contribution in [3.05, 3.63) is 58.5 Å². The van der Waals surface area contributed by atoms with E-state index in [1.54, 1.807) is 0 Å². The first-order chi connectivity index (χ1) is 12.1. The van der Waals surface area contributed by atoms with Crippen molar-refractivity contribution < 1.29 is 4.42 Å². The van der Waals surface area contributed by atoms with E-state index < -0.39 is 0 Å². The number of rotatable bonds is 7. The van der Waals surface area contributed by atoms with Crippen LogP contribution in [0.3, 0.4) is 0 Å². The zero-order valence-electron chi connectivity index (χ0n) is 15.4. The van der Waals surface area contributed by atoms with Gasteiger partial charge in [-0.25, -0.2) is 0 Å².